The van der Waals surface area contributed by atoms with E-state index in [0.717, 1.165) is 51.2 Å². The van der Waals surface area contributed by atoms with Gasteiger partial charge in [0.25, 0.3) is 0 Å². The van der Waals surface area contributed by atoms with Crippen LogP contribution < -0.4 is 9.80 Å². The molecule has 0 radical (unpaired) electrons. The molecule has 1 aromatic rings. The van der Waals surface area contributed by atoms with Gasteiger partial charge in [-0.3, -0.25) is 4.90 Å². The van der Waals surface area contributed by atoms with Crippen LogP contribution in [0.1, 0.15) is 89.5 Å². The number of ether oxygens (including phenoxy) is 2. The fraction of sp³-hybridized carbons (Fsp3) is 0.812. The van der Waals surface area contributed by atoms with Crippen LogP contribution in [0.25, 0.3) is 0 Å². The molecule has 2 atom stereocenters. The van der Waals surface area contributed by atoms with Crippen LogP contribution in [0.15, 0.2) is 18.2 Å². The van der Waals surface area contributed by atoms with Gasteiger partial charge in [0, 0.05) is 70.4 Å². The van der Waals surface area contributed by atoms with E-state index in [0.29, 0.717) is 17.6 Å². The van der Waals surface area contributed by atoms with Crippen molar-refractivity contribution in [3.05, 3.63) is 23.8 Å². The lowest BCUT2D eigenvalue weighted by Gasteiger charge is -2.42. The highest BCUT2D eigenvalue weighted by atomic mass is 16.5. The molecule has 0 bridgehead atoms. The summed E-state index contributed by atoms with van der Waals surface area (Å²) in [6.07, 6.45) is 14.7. The maximum atomic E-state index is 6.06. The van der Waals surface area contributed by atoms with Crippen molar-refractivity contribution in [3.63, 3.8) is 0 Å². The van der Waals surface area contributed by atoms with Crippen LogP contribution in [0.5, 0.6) is 0 Å². The van der Waals surface area contributed by atoms with Crippen LogP contribution in [0.4, 0.5) is 11.4 Å². The summed E-state index contributed by atoms with van der Waals surface area (Å²) in [5, 5.41) is 0. The van der Waals surface area contributed by atoms with Crippen molar-refractivity contribution in [2.75, 3.05) is 68.8 Å². The maximum Gasteiger partial charge on any atom is 0.0726 e. The molecule has 37 heavy (non-hydrogen) atoms. The summed E-state index contributed by atoms with van der Waals surface area (Å²) in [5.74, 6) is 1.55. The largest absolute Gasteiger partial charge is 0.381 e. The summed E-state index contributed by atoms with van der Waals surface area (Å²) in [4.78, 5) is 8.03. The lowest BCUT2D eigenvalue weighted by Crippen LogP contribution is -2.48. The van der Waals surface area contributed by atoms with Gasteiger partial charge in [0.15, 0.2) is 0 Å². The van der Waals surface area contributed by atoms with Gasteiger partial charge >= 0.3 is 0 Å². The highest BCUT2D eigenvalue weighted by Crippen LogP contribution is 2.53. The molecule has 0 N–H and O–H groups in total. The van der Waals surface area contributed by atoms with E-state index in [1.54, 1.807) is 5.56 Å². The highest BCUT2D eigenvalue weighted by Gasteiger charge is 2.39. The van der Waals surface area contributed by atoms with Crippen LogP contribution in [0.3, 0.4) is 0 Å². The van der Waals surface area contributed by atoms with Crippen LogP contribution in [0.2, 0.25) is 0 Å². The molecule has 0 amide bonds. The van der Waals surface area contributed by atoms with Gasteiger partial charge in [0.1, 0.15) is 0 Å². The Kier molecular flexibility index (Phi) is 8.02. The molecule has 3 saturated heterocycles. The quantitative estimate of drug-likeness (QED) is 0.481. The second-order valence-electron chi connectivity index (χ2n) is 13.2. The van der Waals surface area contributed by atoms with Crippen molar-refractivity contribution in [2.24, 2.45) is 11.3 Å². The molecule has 5 nitrogen and oxygen atoms in total. The Morgan fingerprint density at radius 3 is 2.16 bits per heavy atom. The number of benzene rings is 1. The van der Waals surface area contributed by atoms with E-state index in [4.69, 9.17) is 9.47 Å². The van der Waals surface area contributed by atoms with E-state index in [2.05, 4.69) is 46.7 Å². The summed E-state index contributed by atoms with van der Waals surface area (Å²) in [6.45, 7) is 14.4. The van der Waals surface area contributed by atoms with Gasteiger partial charge in [-0.05, 0) is 106 Å². The number of hydrogen-bond donors (Lipinski definition) is 0. The zero-order valence-corrected chi connectivity index (χ0v) is 23.6. The smallest absolute Gasteiger partial charge is 0.0726 e. The normalized spacial score (nSPS) is 30.3. The minimum atomic E-state index is 0.299. The zero-order chi connectivity index (χ0) is 25.2. The molecule has 3 heterocycles. The predicted molar refractivity (Wildman–Crippen MR) is 153 cm³/mol. The Morgan fingerprint density at radius 1 is 0.811 bits per heavy atom. The number of nitrogens with zero attached hydrogens (tertiary/aromatic N) is 3. The predicted octanol–water partition coefficient (Wildman–Crippen LogP) is 6.07. The van der Waals surface area contributed by atoms with Crippen LogP contribution >= 0.6 is 0 Å². The van der Waals surface area contributed by atoms with Crippen LogP contribution in [-0.2, 0) is 9.47 Å². The van der Waals surface area contributed by atoms with Crippen molar-refractivity contribution in [3.8, 4) is 0 Å². The van der Waals surface area contributed by atoms with Gasteiger partial charge < -0.3 is 19.3 Å². The van der Waals surface area contributed by atoms with E-state index >= 15 is 0 Å². The van der Waals surface area contributed by atoms with Gasteiger partial charge in [0.05, 0.1) is 12.2 Å². The summed E-state index contributed by atoms with van der Waals surface area (Å²) in [6, 6.07) is 7.51. The molecule has 5 fully saturated rings. The zero-order valence-electron chi connectivity index (χ0n) is 23.6. The SMILES string of the molecule is C[C@@H]1CN(c2ccc(N3CCN(CC4CCOCC4)CC3)c(C3CCC4(CCCC4)CC3)c2)C[C@H](C)O1. The first-order valence-corrected chi connectivity index (χ1v) is 15.7. The molecule has 5 aliphatic rings. The Balaban J connectivity index is 1.18. The summed E-state index contributed by atoms with van der Waals surface area (Å²) < 4.78 is 11.7. The second kappa shape index (κ2) is 11.4. The third-order valence-electron chi connectivity index (χ3n) is 10.5. The molecule has 0 unspecified atom stereocenters. The van der Waals surface area contributed by atoms with E-state index in [9.17, 15) is 0 Å². The third kappa shape index (κ3) is 5.99. The van der Waals surface area contributed by atoms with Gasteiger partial charge in [-0.15, -0.1) is 0 Å². The fourth-order valence-corrected chi connectivity index (χ4v) is 8.37. The van der Waals surface area contributed by atoms with E-state index < -0.39 is 0 Å². The van der Waals surface area contributed by atoms with E-state index in [-0.39, 0.29) is 0 Å². The van der Waals surface area contributed by atoms with Gasteiger partial charge in [-0.2, -0.15) is 0 Å². The summed E-state index contributed by atoms with van der Waals surface area (Å²) in [5.41, 5.74) is 5.30. The molecule has 1 spiro atoms. The van der Waals surface area contributed by atoms with Gasteiger partial charge in [0.2, 0.25) is 0 Å². The number of hydrogen-bond acceptors (Lipinski definition) is 5. The van der Waals surface area contributed by atoms with Crippen molar-refractivity contribution in [1.82, 2.24) is 4.90 Å². The standard InChI is InChI=1S/C32H51N3O2/c1-25-22-35(23-26(2)37-25)29-5-6-31(30(21-29)28-7-13-32(14-8-28)11-3-4-12-32)34-17-15-33(16-18-34)24-27-9-19-36-20-10-27/h5-6,21,25-28H,3-4,7-20,22-24H2,1-2H3/t25-,26+. The van der Waals surface area contributed by atoms with Gasteiger partial charge in [-0.25, -0.2) is 0 Å². The number of rotatable bonds is 5. The Bertz CT molecular complexity index is 866. The monoisotopic (exact) mass is 509 g/mol. The molecule has 2 aliphatic carbocycles. The van der Waals surface area contributed by atoms with E-state index in [1.165, 1.54) is 95.2 Å². The fourth-order valence-electron chi connectivity index (χ4n) is 8.37. The topological polar surface area (TPSA) is 28.2 Å². The third-order valence-corrected chi connectivity index (χ3v) is 10.5. The first-order valence-electron chi connectivity index (χ1n) is 15.7. The lowest BCUT2D eigenvalue weighted by atomic mass is 9.68. The molecule has 6 rings (SSSR count). The number of piperazine rings is 1. The van der Waals surface area contributed by atoms with E-state index in [1.807, 2.05) is 0 Å². The van der Waals surface area contributed by atoms with Crippen molar-refractivity contribution in [1.29, 1.82) is 0 Å². The second-order valence-corrected chi connectivity index (χ2v) is 13.2. The number of anilines is 2. The maximum absolute atomic E-state index is 6.06. The van der Waals surface area contributed by atoms with Crippen LogP contribution in [-0.4, -0.2) is 76.1 Å². The average molecular weight is 510 g/mol. The van der Waals surface area contributed by atoms with Crippen molar-refractivity contribution >= 4 is 11.4 Å². The first kappa shape index (κ1) is 26.0. The highest BCUT2D eigenvalue weighted by molar-refractivity contribution is 5.64. The molecular weight excluding hydrogens is 458 g/mol. The number of morpholine rings is 1. The minimum Gasteiger partial charge on any atom is -0.381 e. The molecule has 1 aromatic carbocycles. The minimum absolute atomic E-state index is 0.299. The Morgan fingerprint density at radius 2 is 1.49 bits per heavy atom. The molecule has 5 heteroatoms. The van der Waals surface area contributed by atoms with Gasteiger partial charge in [-0.1, -0.05) is 12.8 Å². The summed E-state index contributed by atoms with van der Waals surface area (Å²) >= 11 is 0. The summed E-state index contributed by atoms with van der Waals surface area (Å²) in [7, 11) is 0. The first-order chi connectivity index (χ1) is 18.1. The van der Waals surface area contributed by atoms with Crippen molar-refractivity contribution in [2.45, 2.75) is 96.2 Å². The molecule has 3 aliphatic heterocycles. The Hall–Kier alpha value is -1.30. The molecule has 206 valence electrons. The van der Waals surface area contributed by atoms with Crippen LogP contribution in [0, 0.1) is 11.3 Å². The Labute approximate surface area is 225 Å². The molecular formula is C32H51N3O2. The molecule has 2 saturated carbocycles. The average Bonchev–Trinajstić information content (AvgIpc) is 3.37. The van der Waals surface area contributed by atoms with Crippen molar-refractivity contribution < 1.29 is 9.47 Å². The molecule has 0 aromatic heterocycles. The lowest BCUT2D eigenvalue weighted by molar-refractivity contribution is -0.00522.